The Morgan fingerprint density at radius 2 is 2.12 bits per heavy atom. The van der Waals surface area contributed by atoms with Gasteiger partial charge in [0.25, 0.3) is 0 Å². The number of nitrogens with one attached hydrogen (secondary N) is 1. The highest BCUT2D eigenvalue weighted by Gasteiger charge is 2.05. The first-order valence-corrected chi connectivity index (χ1v) is 6.57. The molecule has 1 heterocycles. The van der Waals surface area contributed by atoms with Gasteiger partial charge >= 0.3 is 0 Å². The van der Waals surface area contributed by atoms with E-state index < -0.39 is 0 Å². The van der Waals surface area contributed by atoms with E-state index in [4.69, 9.17) is 0 Å². The van der Waals surface area contributed by atoms with E-state index in [0.29, 0.717) is 0 Å². The van der Waals surface area contributed by atoms with Crippen molar-refractivity contribution in [1.82, 2.24) is 15.2 Å². The summed E-state index contributed by atoms with van der Waals surface area (Å²) in [5.74, 6) is 1.64. The molecule has 4 heteroatoms. The summed E-state index contributed by atoms with van der Waals surface area (Å²) in [5.41, 5.74) is 2.40. The zero-order chi connectivity index (χ0) is 12.1. The zero-order valence-electron chi connectivity index (χ0n) is 9.81. The van der Waals surface area contributed by atoms with Gasteiger partial charge in [-0.3, -0.25) is 5.10 Å². The van der Waals surface area contributed by atoms with Gasteiger partial charge in [-0.25, -0.2) is 4.98 Å². The van der Waals surface area contributed by atoms with Crippen LogP contribution in [0.2, 0.25) is 0 Å². The largest absolute Gasteiger partial charge is 0.258 e. The van der Waals surface area contributed by atoms with Crippen LogP contribution in [0.4, 0.5) is 0 Å². The minimum absolute atomic E-state index is 0.763. The first kappa shape index (κ1) is 11.9. The molecule has 0 saturated carbocycles. The van der Waals surface area contributed by atoms with Gasteiger partial charge in [0.2, 0.25) is 5.16 Å². The van der Waals surface area contributed by atoms with E-state index in [1.165, 1.54) is 5.56 Å². The van der Waals surface area contributed by atoms with E-state index in [-0.39, 0.29) is 0 Å². The summed E-state index contributed by atoms with van der Waals surface area (Å²) in [7, 11) is 0. The lowest BCUT2D eigenvalue weighted by molar-refractivity contribution is 0.975. The van der Waals surface area contributed by atoms with Crippen LogP contribution in [0.15, 0.2) is 42.1 Å². The number of hydrogen-bond acceptors (Lipinski definition) is 3. The number of hydrogen-bond donors (Lipinski definition) is 1. The molecule has 0 amide bonds. The van der Waals surface area contributed by atoms with Crippen molar-refractivity contribution in [3.8, 4) is 11.4 Å². The van der Waals surface area contributed by atoms with Crippen molar-refractivity contribution in [1.29, 1.82) is 0 Å². The summed E-state index contributed by atoms with van der Waals surface area (Å²) in [5, 5.41) is 7.87. The third-order valence-corrected chi connectivity index (χ3v) is 3.27. The first-order chi connectivity index (χ1) is 8.33. The van der Waals surface area contributed by atoms with Crippen LogP contribution in [-0.2, 0) is 6.42 Å². The Morgan fingerprint density at radius 3 is 2.76 bits per heavy atom. The fraction of sp³-hybridized carbons (Fsp3) is 0.231. The van der Waals surface area contributed by atoms with Crippen molar-refractivity contribution in [2.75, 3.05) is 5.75 Å². The maximum absolute atomic E-state index is 4.42. The second-order valence-electron chi connectivity index (χ2n) is 3.62. The van der Waals surface area contributed by atoms with Gasteiger partial charge < -0.3 is 0 Å². The van der Waals surface area contributed by atoms with Gasteiger partial charge in [-0.15, -0.1) is 11.7 Å². The molecular weight excluding hydrogens is 230 g/mol. The van der Waals surface area contributed by atoms with Crippen molar-refractivity contribution >= 4 is 11.8 Å². The molecule has 1 N–H and O–H groups in total. The van der Waals surface area contributed by atoms with E-state index in [1.807, 2.05) is 6.08 Å². The molecule has 88 valence electrons. The van der Waals surface area contributed by atoms with Crippen molar-refractivity contribution in [2.45, 2.75) is 18.5 Å². The molecule has 0 aliphatic carbocycles. The smallest absolute Gasteiger partial charge is 0.209 e. The molecule has 17 heavy (non-hydrogen) atoms. The molecule has 0 unspecified atom stereocenters. The molecule has 0 fully saturated rings. The number of benzene rings is 1. The van der Waals surface area contributed by atoms with Gasteiger partial charge in [-0.1, -0.05) is 49.0 Å². The number of aromatic amines is 1. The van der Waals surface area contributed by atoms with Crippen molar-refractivity contribution in [2.24, 2.45) is 0 Å². The van der Waals surface area contributed by atoms with E-state index in [0.717, 1.165) is 28.7 Å². The average molecular weight is 245 g/mol. The molecule has 3 nitrogen and oxygen atoms in total. The van der Waals surface area contributed by atoms with Crippen LogP contribution in [0.1, 0.15) is 12.5 Å². The molecule has 0 saturated heterocycles. The average Bonchev–Trinajstić information content (AvgIpc) is 2.85. The molecule has 0 atom stereocenters. The lowest BCUT2D eigenvalue weighted by Crippen LogP contribution is -1.83. The Morgan fingerprint density at radius 1 is 1.35 bits per heavy atom. The van der Waals surface area contributed by atoms with Crippen LogP contribution in [-0.4, -0.2) is 20.9 Å². The second kappa shape index (κ2) is 5.68. The van der Waals surface area contributed by atoms with Crippen LogP contribution in [0.25, 0.3) is 11.4 Å². The molecule has 0 aliphatic rings. The molecule has 1 aromatic carbocycles. The van der Waals surface area contributed by atoms with Gasteiger partial charge in [0.15, 0.2) is 5.82 Å². The molecule has 0 spiro atoms. The number of nitrogens with zero attached hydrogens (tertiary/aromatic N) is 2. The molecule has 2 rings (SSSR count). The summed E-state index contributed by atoms with van der Waals surface area (Å²) in [6.07, 6.45) is 2.90. The van der Waals surface area contributed by atoms with Crippen LogP contribution in [0.3, 0.4) is 0 Å². The normalized spacial score (nSPS) is 10.4. The van der Waals surface area contributed by atoms with Gasteiger partial charge in [0.1, 0.15) is 0 Å². The van der Waals surface area contributed by atoms with Crippen molar-refractivity contribution in [3.63, 3.8) is 0 Å². The van der Waals surface area contributed by atoms with Gasteiger partial charge in [-0.2, -0.15) is 0 Å². The number of aryl methyl sites for hydroxylation is 1. The predicted octanol–water partition coefficient (Wildman–Crippen LogP) is 3.31. The minimum Gasteiger partial charge on any atom is -0.258 e. The van der Waals surface area contributed by atoms with Crippen molar-refractivity contribution in [3.05, 3.63) is 42.5 Å². The third-order valence-electron chi connectivity index (χ3n) is 2.43. The molecule has 0 aliphatic heterocycles. The van der Waals surface area contributed by atoms with Gasteiger partial charge in [-0.05, 0) is 12.0 Å². The van der Waals surface area contributed by atoms with Gasteiger partial charge in [0, 0.05) is 11.3 Å². The number of aromatic nitrogens is 3. The molecule has 1 aromatic heterocycles. The number of thioether (sulfide) groups is 1. The van der Waals surface area contributed by atoms with Crippen LogP contribution >= 0.6 is 11.8 Å². The fourth-order valence-corrected chi connectivity index (χ4v) is 2.00. The lowest BCUT2D eigenvalue weighted by atomic mass is 10.1. The quantitative estimate of drug-likeness (QED) is 0.649. The predicted molar refractivity (Wildman–Crippen MR) is 72.1 cm³/mol. The van der Waals surface area contributed by atoms with Crippen LogP contribution in [0.5, 0.6) is 0 Å². The van der Waals surface area contributed by atoms with E-state index in [9.17, 15) is 0 Å². The maximum Gasteiger partial charge on any atom is 0.209 e. The van der Waals surface area contributed by atoms with Crippen molar-refractivity contribution < 1.29 is 0 Å². The highest BCUT2D eigenvalue weighted by Crippen LogP contribution is 2.19. The highest BCUT2D eigenvalue weighted by molar-refractivity contribution is 7.99. The van der Waals surface area contributed by atoms with Gasteiger partial charge in [0.05, 0.1) is 0 Å². The highest BCUT2D eigenvalue weighted by atomic mass is 32.2. The molecular formula is C13H15N3S. The maximum atomic E-state index is 4.42. The van der Waals surface area contributed by atoms with Crippen LogP contribution < -0.4 is 0 Å². The molecule has 0 radical (unpaired) electrons. The summed E-state index contributed by atoms with van der Waals surface area (Å²) in [4.78, 5) is 4.42. The molecule has 2 aromatic rings. The monoisotopic (exact) mass is 245 g/mol. The lowest BCUT2D eigenvalue weighted by Gasteiger charge is -1.98. The Labute approximate surface area is 105 Å². The SMILES string of the molecule is C=CCSc1n[nH]c(-c2ccc(CC)cc2)n1. The second-order valence-corrected chi connectivity index (χ2v) is 4.60. The summed E-state index contributed by atoms with van der Waals surface area (Å²) in [6.45, 7) is 5.82. The van der Waals surface area contributed by atoms with Crippen LogP contribution in [0, 0.1) is 0 Å². The summed E-state index contributed by atoms with van der Waals surface area (Å²) in [6, 6.07) is 8.38. The Bertz CT molecular complexity index is 488. The first-order valence-electron chi connectivity index (χ1n) is 5.59. The Balaban J connectivity index is 2.15. The zero-order valence-corrected chi connectivity index (χ0v) is 10.6. The summed E-state index contributed by atoms with van der Waals surface area (Å²) < 4.78 is 0. The summed E-state index contributed by atoms with van der Waals surface area (Å²) >= 11 is 1.57. The van der Waals surface area contributed by atoms with E-state index in [2.05, 4.69) is 52.9 Å². The van der Waals surface area contributed by atoms with E-state index in [1.54, 1.807) is 11.8 Å². The minimum atomic E-state index is 0.763. The topological polar surface area (TPSA) is 41.6 Å². The standard InChI is InChI=1S/C13H15N3S/c1-3-9-17-13-14-12(15-16-13)11-7-5-10(4-2)6-8-11/h3,5-8H,1,4,9H2,2H3,(H,14,15,16). The van der Waals surface area contributed by atoms with E-state index >= 15 is 0 Å². The fourth-order valence-electron chi connectivity index (χ4n) is 1.47. The Kier molecular flexibility index (Phi) is 3.98. The molecule has 0 bridgehead atoms. The third kappa shape index (κ3) is 2.97. The Hall–Kier alpha value is -1.55. The number of rotatable bonds is 5. The number of H-pyrrole nitrogens is 1.